The van der Waals surface area contributed by atoms with E-state index in [9.17, 15) is 9.90 Å². The molecule has 3 N–H and O–H groups in total. The first-order valence-electron chi connectivity index (χ1n) is 11.1. The number of hydrogen-bond donors (Lipinski definition) is 3. The summed E-state index contributed by atoms with van der Waals surface area (Å²) >= 11 is 1.79. The lowest BCUT2D eigenvalue weighted by atomic mass is 9.08. The molecule has 0 saturated carbocycles. The molecule has 6 radical (unpaired) electrons. The summed E-state index contributed by atoms with van der Waals surface area (Å²) in [5.74, 6) is 8.31. The molecule has 1 fully saturated rings. The minimum absolute atomic E-state index is 0.0102. The predicted octanol–water partition coefficient (Wildman–Crippen LogP) is 1.62. The number of aryl methyl sites for hydroxylation is 2. The van der Waals surface area contributed by atoms with Gasteiger partial charge in [-0.3, -0.25) is 9.48 Å². The van der Waals surface area contributed by atoms with Crippen LogP contribution in [0, 0.1) is 18.8 Å². The van der Waals surface area contributed by atoms with Crippen molar-refractivity contribution in [2.24, 2.45) is 7.05 Å². The number of phenols is 1. The van der Waals surface area contributed by atoms with Crippen LogP contribution in [0.15, 0.2) is 48.7 Å². The fourth-order valence-electron chi connectivity index (χ4n) is 3.36. The van der Waals surface area contributed by atoms with Crippen molar-refractivity contribution in [2.45, 2.75) is 13.0 Å². The number of thioether (sulfide) groups is 1. The van der Waals surface area contributed by atoms with E-state index in [0.29, 0.717) is 11.3 Å². The number of nitrogens with one attached hydrogen (secondary N) is 2. The molecule has 4 rings (SSSR count). The first kappa shape index (κ1) is 26.7. The number of carbonyl (C=O) groups is 1. The molecule has 1 amide bonds. The van der Waals surface area contributed by atoms with Crippen LogP contribution in [0.5, 0.6) is 5.75 Å². The Labute approximate surface area is 215 Å². The Morgan fingerprint density at radius 3 is 2.60 bits per heavy atom. The average Bonchev–Trinajstić information content (AvgIpc) is 3.20. The molecule has 2 heterocycles. The summed E-state index contributed by atoms with van der Waals surface area (Å²) in [5, 5.41) is 20.9. The Morgan fingerprint density at radius 2 is 1.94 bits per heavy atom. The molecule has 1 aliphatic heterocycles. The molecular weight excluding hydrogens is 452 g/mol. The smallest absolute Gasteiger partial charge is 0.242 e. The van der Waals surface area contributed by atoms with Gasteiger partial charge >= 0.3 is 0 Å². The molecule has 1 aromatic heterocycles. The number of carbonyl (C=O) groups excluding carboxylic acids is 1. The van der Waals surface area contributed by atoms with Gasteiger partial charge in [0.15, 0.2) is 0 Å². The van der Waals surface area contributed by atoms with E-state index in [1.54, 1.807) is 22.5 Å². The lowest BCUT2D eigenvalue weighted by Crippen LogP contribution is -2.46. The van der Waals surface area contributed by atoms with Crippen LogP contribution >= 0.6 is 11.8 Å². The average molecular weight is 476 g/mol. The molecular formula is C24H24B4N4O2S. The second kappa shape index (κ2) is 12.7. The van der Waals surface area contributed by atoms with Crippen molar-refractivity contribution < 1.29 is 9.90 Å². The number of aromatic hydroxyl groups is 1. The molecule has 6 nitrogen and oxygen atoms in total. The van der Waals surface area contributed by atoms with Crippen LogP contribution < -0.4 is 10.6 Å². The highest BCUT2D eigenvalue weighted by Gasteiger charge is 2.20. The number of anilines is 1. The lowest BCUT2D eigenvalue weighted by molar-refractivity contribution is -0.117. The summed E-state index contributed by atoms with van der Waals surface area (Å²) in [4.78, 5) is 12.3. The maximum absolute atomic E-state index is 12.3. The number of hydrogen-bond acceptors (Lipinski definition) is 5. The second-order valence-corrected chi connectivity index (χ2v) is 9.21. The van der Waals surface area contributed by atoms with E-state index in [-0.39, 0.29) is 17.7 Å². The van der Waals surface area contributed by atoms with Gasteiger partial charge in [-0.05, 0) is 43.3 Å². The molecule has 170 valence electrons. The largest absolute Gasteiger partial charge is 0.507 e. The summed E-state index contributed by atoms with van der Waals surface area (Å²) < 4.78 is 1.69. The lowest BCUT2D eigenvalue weighted by Gasteiger charge is -2.22. The summed E-state index contributed by atoms with van der Waals surface area (Å²) in [7, 11) is 15.8. The van der Waals surface area contributed by atoms with Crippen molar-refractivity contribution >= 4 is 53.0 Å². The van der Waals surface area contributed by atoms with Crippen LogP contribution in [0.4, 0.5) is 5.69 Å². The number of benzene rings is 2. The van der Waals surface area contributed by atoms with Gasteiger partial charge in [-0.1, -0.05) is 23.5 Å². The number of nitrogens with zero attached hydrogens (tertiary/aromatic N) is 2. The predicted molar refractivity (Wildman–Crippen MR) is 148 cm³/mol. The first-order valence-corrected chi connectivity index (χ1v) is 12.2. The third-order valence-electron chi connectivity index (χ3n) is 4.97. The van der Waals surface area contributed by atoms with Crippen molar-refractivity contribution in [3.05, 3.63) is 65.4 Å². The molecule has 3 aromatic rings. The van der Waals surface area contributed by atoms with Gasteiger partial charge < -0.3 is 15.7 Å². The molecule has 0 unspecified atom stereocenters. The third-order valence-corrected chi connectivity index (χ3v) is 6.03. The van der Waals surface area contributed by atoms with Crippen molar-refractivity contribution in [2.75, 3.05) is 23.4 Å². The summed E-state index contributed by atoms with van der Waals surface area (Å²) in [6.07, 6.45) is 1.17. The zero-order valence-electron chi connectivity index (χ0n) is 19.8. The summed E-state index contributed by atoms with van der Waals surface area (Å²) in [6.45, 7) is 2.83. The molecule has 0 spiro atoms. The van der Waals surface area contributed by atoms with E-state index in [4.69, 9.17) is 0 Å². The van der Waals surface area contributed by atoms with Crippen molar-refractivity contribution in [1.82, 2.24) is 15.1 Å². The van der Waals surface area contributed by atoms with Crippen LogP contribution in [-0.4, -0.2) is 74.5 Å². The maximum atomic E-state index is 12.3. The van der Waals surface area contributed by atoms with E-state index < -0.39 is 6.39 Å². The van der Waals surface area contributed by atoms with Gasteiger partial charge in [0.1, 0.15) is 11.4 Å². The van der Waals surface area contributed by atoms with Gasteiger partial charge in [-0.25, -0.2) is 0 Å². The topological polar surface area (TPSA) is 79.2 Å². The zero-order chi connectivity index (χ0) is 25.4. The van der Waals surface area contributed by atoms with Gasteiger partial charge in [-0.2, -0.15) is 16.9 Å². The van der Waals surface area contributed by atoms with Gasteiger partial charge in [0, 0.05) is 77.7 Å². The molecule has 1 saturated heterocycles. The SMILES string of the molecule is Cc1ccc(O)c(-c2nn(C)cc2C#Cc2ccc(NC(=O)[C@@H]3CSCCN3)cc2)c1.[B]B([B])[B]. The quantitative estimate of drug-likeness (QED) is 0.396. The van der Waals surface area contributed by atoms with Gasteiger partial charge in [-0.15, -0.1) is 0 Å². The standard InChI is InChI=1S/C24H24N4O2S.B4/c1-16-3-10-22(29)20(13-16)23-18(14-28(2)27-23)7-4-17-5-8-19(9-6-17)26-24(30)21-15-31-12-11-25-21;1-4(2)3/h3,5-6,8-10,13-14,21,25,29H,11-12,15H2,1-2H3,(H,26,30);/t21-;/m0./s1. The zero-order valence-corrected chi connectivity index (χ0v) is 20.6. The second-order valence-electron chi connectivity index (χ2n) is 8.06. The van der Waals surface area contributed by atoms with Gasteiger partial charge in [0.2, 0.25) is 5.91 Å². The Kier molecular flexibility index (Phi) is 9.64. The number of phenolic OH excluding ortho intramolecular Hbond substituents is 1. The normalized spacial score (nSPS) is 14.6. The van der Waals surface area contributed by atoms with Crippen molar-refractivity contribution in [3.8, 4) is 28.8 Å². The number of aromatic nitrogens is 2. The van der Waals surface area contributed by atoms with E-state index in [0.717, 1.165) is 40.4 Å². The summed E-state index contributed by atoms with van der Waals surface area (Å²) in [5.41, 5.74) is 4.67. The fraction of sp³-hybridized carbons (Fsp3) is 0.250. The molecule has 2 aromatic carbocycles. The summed E-state index contributed by atoms with van der Waals surface area (Å²) in [6, 6.07) is 12.8. The van der Waals surface area contributed by atoms with Gasteiger partial charge in [0.05, 0.1) is 11.6 Å². The molecule has 1 aliphatic rings. The highest BCUT2D eigenvalue weighted by atomic mass is 32.2. The van der Waals surface area contributed by atoms with Crippen LogP contribution in [0.2, 0.25) is 0 Å². The minimum Gasteiger partial charge on any atom is -0.507 e. The van der Waals surface area contributed by atoms with Gasteiger partial charge in [0.25, 0.3) is 0 Å². The Morgan fingerprint density at radius 1 is 1.23 bits per heavy atom. The Hall–Kier alpha value is -2.95. The molecule has 1 atom stereocenters. The Bertz CT molecular complexity index is 1210. The van der Waals surface area contributed by atoms with E-state index in [2.05, 4.69) is 50.8 Å². The van der Waals surface area contributed by atoms with E-state index >= 15 is 0 Å². The molecule has 35 heavy (non-hydrogen) atoms. The van der Waals surface area contributed by atoms with Crippen LogP contribution in [-0.2, 0) is 11.8 Å². The van der Waals surface area contributed by atoms with E-state index in [1.807, 2.05) is 56.6 Å². The monoisotopic (exact) mass is 476 g/mol. The fourth-order valence-corrected chi connectivity index (χ4v) is 4.29. The molecule has 0 bridgehead atoms. The van der Waals surface area contributed by atoms with Crippen molar-refractivity contribution in [3.63, 3.8) is 0 Å². The highest BCUT2D eigenvalue weighted by molar-refractivity contribution is 7.99. The minimum atomic E-state index is -0.667. The van der Waals surface area contributed by atoms with Crippen molar-refractivity contribution in [1.29, 1.82) is 0 Å². The number of rotatable bonds is 3. The third kappa shape index (κ3) is 8.05. The first-order chi connectivity index (χ1) is 16.7. The molecule has 0 aliphatic carbocycles. The van der Waals surface area contributed by atoms with Crippen LogP contribution in [0.1, 0.15) is 16.7 Å². The highest BCUT2D eigenvalue weighted by Crippen LogP contribution is 2.31. The Balaban J connectivity index is 0.000000795. The molecule has 11 heteroatoms. The maximum Gasteiger partial charge on any atom is 0.242 e. The number of amides is 1. The van der Waals surface area contributed by atoms with Crippen LogP contribution in [0.25, 0.3) is 11.3 Å². The van der Waals surface area contributed by atoms with E-state index in [1.165, 1.54) is 0 Å². The van der Waals surface area contributed by atoms with Crippen LogP contribution in [0.3, 0.4) is 0 Å².